The molecule has 1 aromatic rings. The van der Waals surface area contributed by atoms with Crippen LogP contribution in [-0.2, 0) is 6.42 Å². The molecule has 0 heterocycles. The van der Waals surface area contributed by atoms with Gasteiger partial charge in [0, 0.05) is 5.56 Å². The van der Waals surface area contributed by atoms with Crippen LogP contribution in [0.4, 0.5) is 0 Å². The van der Waals surface area contributed by atoms with Gasteiger partial charge in [-0.15, -0.1) is 0 Å². The maximum atomic E-state index is 4.01. The Morgan fingerprint density at radius 1 is 1.14 bits per heavy atom. The second-order valence-corrected chi connectivity index (χ2v) is 4.10. The summed E-state index contributed by atoms with van der Waals surface area (Å²) in [5.41, 5.74) is 6.81. The molecule has 0 aromatic heterocycles. The van der Waals surface area contributed by atoms with Gasteiger partial charge in [-0.2, -0.15) is 0 Å². The summed E-state index contributed by atoms with van der Waals surface area (Å²) in [5.74, 6) is 0. The van der Waals surface area contributed by atoms with E-state index in [0.29, 0.717) is 6.04 Å². The Morgan fingerprint density at radius 2 is 1.79 bits per heavy atom. The van der Waals surface area contributed by atoms with Crippen molar-refractivity contribution in [2.45, 2.75) is 45.6 Å². The van der Waals surface area contributed by atoms with Crippen LogP contribution < -0.4 is 5.73 Å². The van der Waals surface area contributed by atoms with Crippen molar-refractivity contribution >= 4 is 0 Å². The Balaban J connectivity index is 2.47. The Bertz CT molecular complexity index is 248. The van der Waals surface area contributed by atoms with Crippen molar-refractivity contribution in [2.75, 3.05) is 0 Å². The molecular weight excluding hydrogens is 170 g/mol. The maximum absolute atomic E-state index is 4.01. The van der Waals surface area contributed by atoms with E-state index in [2.05, 4.69) is 43.8 Å². The number of benzene rings is 1. The summed E-state index contributed by atoms with van der Waals surface area (Å²) in [4.78, 5) is 0. The van der Waals surface area contributed by atoms with Crippen molar-refractivity contribution in [3.8, 4) is 0 Å². The van der Waals surface area contributed by atoms with Crippen LogP contribution in [0.3, 0.4) is 0 Å². The predicted octanol–water partition coefficient (Wildman–Crippen LogP) is 2.72. The molecule has 0 saturated carbocycles. The van der Waals surface area contributed by atoms with Crippen LogP contribution in [0, 0.1) is 0 Å². The summed E-state index contributed by atoms with van der Waals surface area (Å²) >= 11 is 0. The molecule has 0 amide bonds. The third-order valence-corrected chi connectivity index (χ3v) is 2.62. The largest absolute Gasteiger partial charge is 0.352 e. The Morgan fingerprint density at radius 3 is 2.29 bits per heavy atom. The number of aryl methyl sites for hydroxylation is 1. The van der Waals surface area contributed by atoms with Crippen molar-refractivity contribution < 1.29 is 5.73 Å². The van der Waals surface area contributed by atoms with Crippen molar-refractivity contribution in [1.82, 2.24) is 0 Å². The first-order valence-corrected chi connectivity index (χ1v) is 5.66. The summed E-state index contributed by atoms with van der Waals surface area (Å²) < 4.78 is 0. The number of quaternary nitrogens is 1. The van der Waals surface area contributed by atoms with Gasteiger partial charge in [-0.3, -0.25) is 0 Å². The zero-order chi connectivity index (χ0) is 10.4. The standard InChI is InChI=1S/C13H21N/c1-3-4-5-6-12-7-9-13(10-8-12)11(2)14/h7-11H,3-6,14H2,1-2H3/p+1/t11-/m1/s1. The van der Waals surface area contributed by atoms with Gasteiger partial charge in [0.15, 0.2) is 0 Å². The molecule has 1 atom stereocenters. The summed E-state index contributed by atoms with van der Waals surface area (Å²) in [6, 6.07) is 9.30. The minimum absolute atomic E-state index is 0.402. The van der Waals surface area contributed by atoms with Crippen molar-refractivity contribution in [3.63, 3.8) is 0 Å². The maximum Gasteiger partial charge on any atom is 0.107 e. The van der Waals surface area contributed by atoms with Crippen molar-refractivity contribution in [3.05, 3.63) is 35.4 Å². The zero-order valence-corrected chi connectivity index (χ0v) is 9.42. The number of unbranched alkanes of at least 4 members (excludes halogenated alkanes) is 2. The van der Waals surface area contributed by atoms with Gasteiger partial charge in [0.25, 0.3) is 0 Å². The van der Waals surface area contributed by atoms with E-state index in [1.54, 1.807) is 0 Å². The highest BCUT2D eigenvalue weighted by molar-refractivity contribution is 5.23. The summed E-state index contributed by atoms with van der Waals surface area (Å²) in [5, 5.41) is 0. The van der Waals surface area contributed by atoms with Gasteiger partial charge in [-0.05, 0) is 25.3 Å². The van der Waals surface area contributed by atoms with Gasteiger partial charge in [0.1, 0.15) is 6.04 Å². The predicted molar refractivity (Wildman–Crippen MR) is 61.0 cm³/mol. The summed E-state index contributed by atoms with van der Waals surface area (Å²) in [6.45, 7) is 4.37. The highest BCUT2D eigenvalue weighted by atomic mass is 14.6. The highest BCUT2D eigenvalue weighted by Gasteiger charge is 2.01. The van der Waals surface area contributed by atoms with Gasteiger partial charge < -0.3 is 5.73 Å². The molecule has 3 N–H and O–H groups in total. The lowest BCUT2D eigenvalue weighted by atomic mass is 10.0. The van der Waals surface area contributed by atoms with Gasteiger partial charge in [-0.25, -0.2) is 0 Å². The van der Waals surface area contributed by atoms with Crippen LogP contribution in [0.15, 0.2) is 24.3 Å². The van der Waals surface area contributed by atoms with Crippen LogP contribution >= 0.6 is 0 Å². The van der Waals surface area contributed by atoms with Gasteiger partial charge >= 0.3 is 0 Å². The Kier molecular flexibility index (Phi) is 4.68. The molecule has 0 saturated heterocycles. The lowest BCUT2D eigenvalue weighted by molar-refractivity contribution is -0.420. The van der Waals surface area contributed by atoms with Crippen LogP contribution in [-0.4, -0.2) is 0 Å². The molecule has 14 heavy (non-hydrogen) atoms. The Labute approximate surface area is 87.3 Å². The second-order valence-electron chi connectivity index (χ2n) is 4.10. The van der Waals surface area contributed by atoms with E-state index in [4.69, 9.17) is 0 Å². The highest BCUT2D eigenvalue weighted by Crippen LogP contribution is 2.11. The van der Waals surface area contributed by atoms with Crippen molar-refractivity contribution in [2.24, 2.45) is 0 Å². The third-order valence-electron chi connectivity index (χ3n) is 2.62. The Hall–Kier alpha value is -0.820. The average molecular weight is 192 g/mol. The van der Waals surface area contributed by atoms with E-state index in [1.165, 1.54) is 36.8 Å². The van der Waals surface area contributed by atoms with Gasteiger partial charge in [-0.1, -0.05) is 44.0 Å². The van der Waals surface area contributed by atoms with Crippen molar-refractivity contribution in [1.29, 1.82) is 0 Å². The molecule has 0 aliphatic heterocycles. The SMILES string of the molecule is CCCCCc1ccc([C@@H](C)[NH3+])cc1. The molecule has 1 nitrogen and oxygen atoms in total. The minimum atomic E-state index is 0.402. The molecule has 78 valence electrons. The smallest absolute Gasteiger partial charge is 0.107 e. The molecule has 1 heteroatoms. The normalized spacial score (nSPS) is 12.8. The fourth-order valence-electron chi connectivity index (χ4n) is 1.59. The van der Waals surface area contributed by atoms with E-state index >= 15 is 0 Å². The first-order valence-electron chi connectivity index (χ1n) is 5.66. The van der Waals surface area contributed by atoms with Crippen LogP contribution in [0.25, 0.3) is 0 Å². The molecule has 0 radical (unpaired) electrons. The molecule has 0 aliphatic rings. The molecule has 0 spiro atoms. The summed E-state index contributed by atoms with van der Waals surface area (Å²) in [7, 11) is 0. The first-order chi connectivity index (χ1) is 6.74. The molecule has 1 aromatic carbocycles. The van der Waals surface area contributed by atoms with Crippen LogP contribution in [0.5, 0.6) is 0 Å². The van der Waals surface area contributed by atoms with Crippen LogP contribution in [0.1, 0.15) is 50.3 Å². The topological polar surface area (TPSA) is 27.6 Å². The van der Waals surface area contributed by atoms with Gasteiger partial charge in [0.05, 0.1) is 0 Å². The zero-order valence-electron chi connectivity index (χ0n) is 9.42. The van der Waals surface area contributed by atoms with E-state index in [0.717, 1.165) is 0 Å². The average Bonchev–Trinajstić information content (AvgIpc) is 2.19. The lowest BCUT2D eigenvalue weighted by Crippen LogP contribution is -2.51. The second kappa shape index (κ2) is 5.82. The molecule has 0 fully saturated rings. The quantitative estimate of drug-likeness (QED) is 0.695. The van der Waals surface area contributed by atoms with Gasteiger partial charge in [0.2, 0.25) is 0 Å². The fourth-order valence-corrected chi connectivity index (χ4v) is 1.59. The molecule has 0 aliphatic carbocycles. The summed E-state index contributed by atoms with van der Waals surface area (Å²) in [6.07, 6.45) is 5.18. The van der Waals surface area contributed by atoms with Crippen LogP contribution in [0.2, 0.25) is 0 Å². The fraction of sp³-hybridized carbons (Fsp3) is 0.538. The van der Waals surface area contributed by atoms with E-state index in [-0.39, 0.29) is 0 Å². The number of hydrogen-bond donors (Lipinski definition) is 1. The van der Waals surface area contributed by atoms with E-state index < -0.39 is 0 Å². The molecule has 1 rings (SSSR count). The van der Waals surface area contributed by atoms with E-state index in [1.807, 2.05) is 0 Å². The lowest BCUT2D eigenvalue weighted by Gasteiger charge is -2.04. The molecule has 0 unspecified atom stereocenters. The monoisotopic (exact) mass is 192 g/mol. The third kappa shape index (κ3) is 3.51. The van der Waals surface area contributed by atoms with E-state index in [9.17, 15) is 0 Å². The number of rotatable bonds is 5. The molecular formula is C13H22N+. The number of hydrogen-bond acceptors (Lipinski definition) is 0. The minimum Gasteiger partial charge on any atom is -0.352 e. The molecule has 0 bridgehead atoms. The first kappa shape index (κ1) is 11.3.